The molecule has 0 spiro atoms. The van der Waals surface area contributed by atoms with Gasteiger partial charge in [-0.05, 0) is 24.6 Å². The summed E-state index contributed by atoms with van der Waals surface area (Å²) < 4.78 is 15.6. The second-order valence-electron chi connectivity index (χ2n) is 7.33. The van der Waals surface area contributed by atoms with Crippen molar-refractivity contribution in [2.75, 3.05) is 31.1 Å². The average molecular weight is 429 g/mol. The van der Waals surface area contributed by atoms with Crippen molar-refractivity contribution in [3.8, 4) is 16.9 Å². The highest BCUT2D eigenvalue weighted by Crippen LogP contribution is 2.42. The molecule has 2 heterocycles. The average Bonchev–Trinajstić information content (AvgIpc) is 2.75. The Bertz CT molecular complexity index is 1110. The van der Waals surface area contributed by atoms with Crippen LogP contribution in [0.2, 0.25) is 5.02 Å². The number of rotatable bonds is 3. The minimum absolute atomic E-state index is 0.0406. The van der Waals surface area contributed by atoms with Gasteiger partial charge in [-0.1, -0.05) is 30.7 Å². The first-order valence-corrected chi connectivity index (χ1v) is 10.2. The molecule has 0 aliphatic carbocycles. The predicted molar refractivity (Wildman–Crippen MR) is 115 cm³/mol. The van der Waals surface area contributed by atoms with E-state index >= 15 is 4.39 Å². The van der Waals surface area contributed by atoms with Crippen molar-refractivity contribution in [3.63, 3.8) is 0 Å². The largest absolute Gasteiger partial charge is 0.507 e. The van der Waals surface area contributed by atoms with Gasteiger partial charge in [-0.2, -0.15) is 0 Å². The number of benzene rings is 2. The molecule has 0 radical (unpaired) electrons. The number of phenols is 1. The van der Waals surface area contributed by atoms with Crippen LogP contribution in [-0.2, 0) is 4.79 Å². The van der Waals surface area contributed by atoms with Crippen molar-refractivity contribution in [1.29, 1.82) is 0 Å². The molecule has 1 aliphatic heterocycles. The lowest BCUT2D eigenvalue weighted by atomic mass is 9.97. The second kappa shape index (κ2) is 8.07. The van der Waals surface area contributed by atoms with E-state index in [9.17, 15) is 9.90 Å². The third-order valence-electron chi connectivity index (χ3n) is 5.54. The van der Waals surface area contributed by atoms with E-state index in [1.807, 2.05) is 16.7 Å². The van der Waals surface area contributed by atoms with Crippen LogP contribution in [0, 0.1) is 12.7 Å². The number of nitrogens with zero attached hydrogens (tertiary/aromatic N) is 4. The number of carbonyl (C=O) groups is 1. The molecule has 1 saturated heterocycles. The molecule has 1 N–H and O–H groups in total. The molecule has 156 valence electrons. The SMILES string of the molecule is CCC(=O)N1CCN(c2ncnc3c(F)c(-c4c(C)cccc4O)c(Cl)cc23)CC1. The smallest absolute Gasteiger partial charge is 0.222 e. The van der Waals surface area contributed by atoms with Gasteiger partial charge in [0.25, 0.3) is 0 Å². The fraction of sp³-hybridized carbons (Fsp3) is 0.318. The number of aromatic hydroxyl groups is 1. The number of anilines is 1. The van der Waals surface area contributed by atoms with Crippen LogP contribution in [-0.4, -0.2) is 52.1 Å². The first kappa shape index (κ1) is 20.3. The van der Waals surface area contributed by atoms with E-state index in [0.717, 1.165) is 0 Å². The molecule has 0 atom stereocenters. The molecule has 6 nitrogen and oxygen atoms in total. The Morgan fingerprint density at radius 1 is 1.20 bits per heavy atom. The van der Waals surface area contributed by atoms with Crippen molar-refractivity contribution < 1.29 is 14.3 Å². The van der Waals surface area contributed by atoms with Crippen LogP contribution < -0.4 is 4.90 Å². The number of phenolic OH excluding ortho intramolecular Hbond substituents is 1. The third-order valence-corrected chi connectivity index (χ3v) is 5.83. The Balaban J connectivity index is 1.78. The minimum Gasteiger partial charge on any atom is -0.507 e. The molecule has 0 saturated carbocycles. The van der Waals surface area contributed by atoms with Gasteiger partial charge in [-0.3, -0.25) is 4.79 Å². The fourth-order valence-electron chi connectivity index (χ4n) is 3.97. The van der Waals surface area contributed by atoms with E-state index in [1.165, 1.54) is 12.4 Å². The van der Waals surface area contributed by atoms with Crippen LogP contribution in [0.3, 0.4) is 0 Å². The monoisotopic (exact) mass is 428 g/mol. The molecule has 0 unspecified atom stereocenters. The second-order valence-corrected chi connectivity index (χ2v) is 7.74. The summed E-state index contributed by atoms with van der Waals surface area (Å²) in [4.78, 5) is 24.3. The number of hydrogen-bond donors (Lipinski definition) is 1. The number of aromatic nitrogens is 2. The Morgan fingerprint density at radius 2 is 1.93 bits per heavy atom. The van der Waals surface area contributed by atoms with E-state index in [-0.39, 0.29) is 27.8 Å². The number of hydrogen-bond acceptors (Lipinski definition) is 5. The van der Waals surface area contributed by atoms with Gasteiger partial charge in [0.2, 0.25) is 5.91 Å². The normalized spacial score (nSPS) is 14.4. The highest BCUT2D eigenvalue weighted by atomic mass is 35.5. The predicted octanol–water partition coefficient (Wildman–Crippen LogP) is 4.16. The van der Waals surface area contributed by atoms with E-state index < -0.39 is 5.82 Å². The van der Waals surface area contributed by atoms with Gasteiger partial charge in [0.15, 0.2) is 5.82 Å². The first-order valence-electron chi connectivity index (χ1n) is 9.86. The van der Waals surface area contributed by atoms with Crippen molar-refractivity contribution in [2.45, 2.75) is 20.3 Å². The molecular formula is C22H22ClFN4O2. The van der Waals surface area contributed by atoms with Crippen LogP contribution in [0.4, 0.5) is 10.2 Å². The molecule has 3 aromatic rings. The van der Waals surface area contributed by atoms with Gasteiger partial charge in [0.1, 0.15) is 23.4 Å². The molecule has 1 aliphatic rings. The van der Waals surface area contributed by atoms with Crippen LogP contribution in [0.15, 0.2) is 30.6 Å². The zero-order valence-corrected chi connectivity index (χ0v) is 17.6. The van der Waals surface area contributed by atoms with Crippen LogP contribution >= 0.6 is 11.6 Å². The number of fused-ring (bicyclic) bond motifs is 1. The quantitative estimate of drug-likeness (QED) is 0.678. The van der Waals surface area contributed by atoms with E-state index in [1.54, 1.807) is 25.1 Å². The summed E-state index contributed by atoms with van der Waals surface area (Å²) in [5.41, 5.74) is 1.34. The van der Waals surface area contributed by atoms with Gasteiger partial charge < -0.3 is 14.9 Å². The molecule has 30 heavy (non-hydrogen) atoms. The Morgan fingerprint density at radius 3 is 2.60 bits per heavy atom. The van der Waals surface area contributed by atoms with Gasteiger partial charge in [-0.15, -0.1) is 0 Å². The lowest BCUT2D eigenvalue weighted by Crippen LogP contribution is -2.48. The number of amides is 1. The number of halogens is 2. The molecule has 2 aromatic carbocycles. The molecule has 0 bridgehead atoms. The summed E-state index contributed by atoms with van der Waals surface area (Å²) >= 11 is 6.50. The Labute approximate surface area is 178 Å². The Hall–Kier alpha value is -2.93. The van der Waals surface area contributed by atoms with Crippen molar-refractivity contribution in [2.24, 2.45) is 0 Å². The summed E-state index contributed by atoms with van der Waals surface area (Å²) in [6, 6.07) is 6.65. The lowest BCUT2D eigenvalue weighted by Gasteiger charge is -2.35. The van der Waals surface area contributed by atoms with E-state index in [0.29, 0.717) is 54.9 Å². The summed E-state index contributed by atoms with van der Waals surface area (Å²) in [5, 5.41) is 11.0. The number of aryl methyl sites for hydroxylation is 1. The van der Waals surface area contributed by atoms with Crippen LogP contribution in [0.25, 0.3) is 22.0 Å². The molecule has 8 heteroatoms. The molecular weight excluding hydrogens is 407 g/mol. The summed E-state index contributed by atoms with van der Waals surface area (Å²) in [6.45, 7) is 6.00. The minimum atomic E-state index is -0.592. The van der Waals surface area contributed by atoms with E-state index in [4.69, 9.17) is 11.6 Å². The van der Waals surface area contributed by atoms with Crippen LogP contribution in [0.5, 0.6) is 5.75 Å². The molecule has 1 fully saturated rings. The van der Waals surface area contributed by atoms with Gasteiger partial charge >= 0.3 is 0 Å². The van der Waals surface area contributed by atoms with Crippen molar-refractivity contribution >= 4 is 34.2 Å². The Kier molecular flexibility index (Phi) is 5.47. The third kappa shape index (κ3) is 3.43. The zero-order valence-electron chi connectivity index (χ0n) is 16.8. The summed E-state index contributed by atoms with van der Waals surface area (Å²) in [7, 11) is 0. The highest BCUT2D eigenvalue weighted by Gasteiger charge is 2.25. The zero-order chi connectivity index (χ0) is 21.4. The van der Waals surface area contributed by atoms with E-state index in [2.05, 4.69) is 9.97 Å². The molecule has 4 rings (SSSR count). The maximum Gasteiger partial charge on any atom is 0.222 e. The summed E-state index contributed by atoms with van der Waals surface area (Å²) in [6.07, 6.45) is 1.81. The maximum atomic E-state index is 15.6. The lowest BCUT2D eigenvalue weighted by molar-refractivity contribution is -0.131. The molecule has 1 amide bonds. The molecule has 1 aromatic heterocycles. The van der Waals surface area contributed by atoms with Gasteiger partial charge in [0.05, 0.1) is 5.02 Å². The van der Waals surface area contributed by atoms with Gasteiger partial charge in [0, 0.05) is 49.1 Å². The van der Waals surface area contributed by atoms with Crippen molar-refractivity contribution in [3.05, 3.63) is 47.0 Å². The fourth-order valence-corrected chi connectivity index (χ4v) is 4.25. The topological polar surface area (TPSA) is 69.6 Å². The van der Waals surface area contributed by atoms with Crippen molar-refractivity contribution in [1.82, 2.24) is 14.9 Å². The maximum absolute atomic E-state index is 15.6. The van der Waals surface area contributed by atoms with Gasteiger partial charge in [-0.25, -0.2) is 14.4 Å². The van der Waals surface area contributed by atoms with Crippen LogP contribution in [0.1, 0.15) is 18.9 Å². The highest BCUT2D eigenvalue weighted by molar-refractivity contribution is 6.34. The standard InChI is InChI=1S/C22H22ClFN4O2/c1-3-17(30)27-7-9-28(10-8-27)22-14-11-15(23)19(20(24)21(14)25-12-26-22)18-13(2)5-4-6-16(18)29/h4-6,11-12,29H,3,7-10H2,1-2H3. The first-order chi connectivity index (χ1) is 14.4. The number of carbonyl (C=O) groups excluding carboxylic acids is 1. The summed E-state index contributed by atoms with van der Waals surface area (Å²) in [5.74, 6) is 0.0793. The number of piperazine rings is 1.